The van der Waals surface area contributed by atoms with E-state index in [1.54, 1.807) is 0 Å². The van der Waals surface area contributed by atoms with Gasteiger partial charge in [0.05, 0.1) is 11.4 Å². The molecule has 268 valence electrons. The molecule has 0 saturated heterocycles. The quantitative estimate of drug-likeness (QED) is 0.176. The molecule has 0 N–H and O–H groups in total. The van der Waals surface area contributed by atoms with Gasteiger partial charge in [-0.3, -0.25) is 0 Å². The molecule has 10 aromatic rings. The fraction of sp³-hybridized carbons (Fsp3) is 0.0545. The zero-order valence-electron chi connectivity index (χ0n) is 31.9. The van der Waals surface area contributed by atoms with Crippen molar-refractivity contribution < 1.29 is 0 Å². The van der Waals surface area contributed by atoms with E-state index >= 15 is 0 Å². The van der Waals surface area contributed by atoms with Gasteiger partial charge in [-0.2, -0.15) is 0 Å². The minimum Gasteiger partial charge on any atom is -0.228 e. The molecule has 2 heteroatoms. The van der Waals surface area contributed by atoms with Gasteiger partial charge in [0.1, 0.15) is 0 Å². The molecular formula is C55H38N2. The smallest absolute Gasteiger partial charge is 0.160 e. The number of fused-ring (bicyclic) bond motifs is 7. The lowest BCUT2D eigenvalue weighted by Gasteiger charge is -2.23. The van der Waals surface area contributed by atoms with Crippen LogP contribution in [0.15, 0.2) is 194 Å². The Morgan fingerprint density at radius 2 is 0.860 bits per heavy atom. The van der Waals surface area contributed by atoms with Gasteiger partial charge in [-0.25, -0.2) is 9.97 Å². The van der Waals surface area contributed by atoms with Crippen LogP contribution in [0.3, 0.4) is 0 Å². The van der Waals surface area contributed by atoms with Crippen LogP contribution in [0.1, 0.15) is 25.0 Å². The van der Waals surface area contributed by atoms with Crippen LogP contribution in [0.2, 0.25) is 0 Å². The summed E-state index contributed by atoms with van der Waals surface area (Å²) in [4.78, 5) is 10.6. The first-order valence-electron chi connectivity index (χ1n) is 19.8. The molecule has 0 fully saturated rings. The summed E-state index contributed by atoms with van der Waals surface area (Å²) in [5.74, 6) is 0.705. The SMILES string of the molecule is CC1(C)c2cccc(-c3ccc(-c4cc(-c5ccccc5-c5cccc6ccccc56)nc(-c5ccccc5)n4)c4ccccc34)c2-c2ccc3ccccc3c21. The molecule has 1 aliphatic rings. The standard InChI is InChI=1S/C55H38N2/c1-55(2)49-29-15-28-47(52(49)48-31-30-36-17-7-9-22-39(36)53(48)55)44-32-33-46(43-25-11-10-23-41(43)44)51-34-50(56-54(57-51)37-18-4-3-5-19-37)45-26-13-12-24-42(45)40-27-14-20-35-16-6-8-21-38(35)40/h3-34H,1-2H3. The Morgan fingerprint density at radius 1 is 0.351 bits per heavy atom. The molecular weight excluding hydrogens is 689 g/mol. The molecule has 1 heterocycles. The van der Waals surface area contributed by atoms with E-state index in [-0.39, 0.29) is 5.41 Å². The van der Waals surface area contributed by atoms with Crippen molar-refractivity contribution >= 4 is 32.3 Å². The number of benzene rings is 9. The monoisotopic (exact) mass is 726 g/mol. The molecule has 0 spiro atoms. The van der Waals surface area contributed by atoms with E-state index in [4.69, 9.17) is 9.97 Å². The average molecular weight is 727 g/mol. The van der Waals surface area contributed by atoms with Gasteiger partial charge in [-0.05, 0) is 82.9 Å². The Hall–Kier alpha value is -7.16. The van der Waals surface area contributed by atoms with Gasteiger partial charge in [0.25, 0.3) is 0 Å². The summed E-state index contributed by atoms with van der Waals surface area (Å²) in [7, 11) is 0. The predicted molar refractivity (Wildman–Crippen MR) is 239 cm³/mol. The second-order valence-electron chi connectivity index (χ2n) is 15.7. The maximum atomic E-state index is 5.33. The van der Waals surface area contributed by atoms with Crippen LogP contribution >= 0.6 is 0 Å². The summed E-state index contributed by atoms with van der Waals surface area (Å²) >= 11 is 0. The van der Waals surface area contributed by atoms with Crippen molar-refractivity contribution in [3.8, 4) is 67.3 Å². The van der Waals surface area contributed by atoms with E-state index in [2.05, 4.69) is 202 Å². The summed E-state index contributed by atoms with van der Waals surface area (Å²) in [5, 5.41) is 7.42. The Balaban J connectivity index is 1.12. The van der Waals surface area contributed by atoms with Gasteiger partial charge in [0.2, 0.25) is 0 Å². The van der Waals surface area contributed by atoms with Crippen molar-refractivity contribution in [3.63, 3.8) is 0 Å². The Kier molecular flexibility index (Phi) is 7.55. The second kappa shape index (κ2) is 13.0. The van der Waals surface area contributed by atoms with Crippen LogP contribution in [0.5, 0.6) is 0 Å². The van der Waals surface area contributed by atoms with E-state index in [1.807, 2.05) is 6.07 Å². The number of hydrogen-bond acceptors (Lipinski definition) is 2. The average Bonchev–Trinajstić information content (AvgIpc) is 3.52. The Morgan fingerprint density at radius 3 is 1.65 bits per heavy atom. The van der Waals surface area contributed by atoms with Crippen molar-refractivity contribution in [1.82, 2.24) is 9.97 Å². The topological polar surface area (TPSA) is 25.8 Å². The van der Waals surface area contributed by atoms with E-state index in [0.29, 0.717) is 5.82 Å². The maximum absolute atomic E-state index is 5.33. The Bertz CT molecular complexity index is 3210. The van der Waals surface area contributed by atoms with Gasteiger partial charge in [0.15, 0.2) is 5.82 Å². The van der Waals surface area contributed by atoms with Crippen LogP contribution in [-0.4, -0.2) is 9.97 Å². The lowest BCUT2D eigenvalue weighted by molar-refractivity contribution is 0.666. The van der Waals surface area contributed by atoms with E-state index < -0.39 is 0 Å². The number of nitrogens with zero attached hydrogens (tertiary/aromatic N) is 2. The highest BCUT2D eigenvalue weighted by Gasteiger charge is 2.38. The zero-order chi connectivity index (χ0) is 38.1. The molecule has 0 radical (unpaired) electrons. The Labute approximate surface area is 332 Å². The molecule has 0 atom stereocenters. The highest BCUT2D eigenvalue weighted by Crippen LogP contribution is 2.55. The first-order valence-corrected chi connectivity index (χ1v) is 19.8. The van der Waals surface area contributed by atoms with Gasteiger partial charge in [0, 0.05) is 22.1 Å². The third kappa shape index (κ3) is 5.25. The highest BCUT2D eigenvalue weighted by atomic mass is 14.9. The molecule has 0 aliphatic heterocycles. The summed E-state index contributed by atoms with van der Waals surface area (Å²) in [6, 6.07) is 70.0. The minimum absolute atomic E-state index is 0.134. The number of hydrogen-bond donors (Lipinski definition) is 0. The minimum atomic E-state index is -0.134. The maximum Gasteiger partial charge on any atom is 0.160 e. The summed E-state index contributed by atoms with van der Waals surface area (Å²) in [6.45, 7) is 4.76. The second-order valence-corrected chi connectivity index (χ2v) is 15.7. The fourth-order valence-corrected chi connectivity index (χ4v) is 9.47. The molecule has 2 nitrogen and oxygen atoms in total. The van der Waals surface area contributed by atoms with E-state index in [0.717, 1.165) is 39.0 Å². The zero-order valence-corrected chi connectivity index (χ0v) is 31.9. The molecule has 0 unspecified atom stereocenters. The van der Waals surface area contributed by atoms with E-state index in [9.17, 15) is 0 Å². The first-order chi connectivity index (χ1) is 28.0. The van der Waals surface area contributed by atoms with Crippen molar-refractivity contribution in [3.05, 3.63) is 205 Å². The van der Waals surface area contributed by atoms with Crippen molar-refractivity contribution in [2.24, 2.45) is 0 Å². The first kappa shape index (κ1) is 33.2. The lowest BCUT2D eigenvalue weighted by atomic mass is 9.80. The molecule has 0 bridgehead atoms. The fourth-order valence-electron chi connectivity index (χ4n) is 9.47. The number of aromatic nitrogens is 2. The molecule has 0 amide bonds. The summed E-state index contributed by atoms with van der Waals surface area (Å²) in [5.41, 5.74) is 15.1. The summed E-state index contributed by atoms with van der Waals surface area (Å²) in [6.07, 6.45) is 0. The van der Waals surface area contributed by atoms with Crippen molar-refractivity contribution in [2.75, 3.05) is 0 Å². The molecule has 57 heavy (non-hydrogen) atoms. The van der Waals surface area contributed by atoms with Crippen LogP contribution in [0, 0.1) is 0 Å². The molecule has 9 aromatic carbocycles. The third-order valence-electron chi connectivity index (χ3n) is 12.1. The van der Waals surface area contributed by atoms with Crippen LogP contribution in [0.25, 0.3) is 99.6 Å². The normalized spacial score (nSPS) is 12.9. The van der Waals surface area contributed by atoms with Crippen LogP contribution in [-0.2, 0) is 5.41 Å². The molecule has 1 aromatic heterocycles. The van der Waals surface area contributed by atoms with Gasteiger partial charge in [-0.1, -0.05) is 202 Å². The summed E-state index contributed by atoms with van der Waals surface area (Å²) < 4.78 is 0. The molecule has 11 rings (SSSR count). The highest BCUT2D eigenvalue weighted by molar-refractivity contribution is 6.09. The lowest BCUT2D eigenvalue weighted by Crippen LogP contribution is -2.15. The number of rotatable bonds is 5. The van der Waals surface area contributed by atoms with Crippen molar-refractivity contribution in [2.45, 2.75) is 19.3 Å². The third-order valence-corrected chi connectivity index (χ3v) is 12.1. The molecule has 0 saturated carbocycles. The van der Waals surface area contributed by atoms with Crippen molar-refractivity contribution in [1.29, 1.82) is 0 Å². The van der Waals surface area contributed by atoms with Gasteiger partial charge in [-0.15, -0.1) is 0 Å². The molecule has 1 aliphatic carbocycles. The van der Waals surface area contributed by atoms with Crippen LogP contribution in [0.4, 0.5) is 0 Å². The predicted octanol–water partition coefficient (Wildman–Crippen LogP) is 14.6. The van der Waals surface area contributed by atoms with E-state index in [1.165, 1.54) is 65.9 Å². The van der Waals surface area contributed by atoms with Crippen LogP contribution < -0.4 is 0 Å². The van der Waals surface area contributed by atoms with Gasteiger partial charge < -0.3 is 0 Å². The largest absolute Gasteiger partial charge is 0.228 e. The van der Waals surface area contributed by atoms with Gasteiger partial charge >= 0.3 is 0 Å².